The van der Waals surface area contributed by atoms with Gasteiger partial charge in [0, 0.05) is 29.6 Å². The molecule has 0 unspecified atom stereocenters. The summed E-state index contributed by atoms with van der Waals surface area (Å²) in [5.74, 6) is -0.301. The van der Waals surface area contributed by atoms with Crippen LogP contribution in [0.2, 0.25) is 0 Å². The van der Waals surface area contributed by atoms with Gasteiger partial charge in [-0.15, -0.1) is 0 Å². The Morgan fingerprint density at radius 1 is 0.850 bits per heavy atom. The molecule has 0 aliphatic rings. The summed E-state index contributed by atoms with van der Waals surface area (Å²) in [6.07, 6.45) is 12.1. The Kier molecular flexibility index (Phi) is 18.8. The van der Waals surface area contributed by atoms with Gasteiger partial charge in [0.1, 0.15) is 0 Å². The monoisotopic (exact) mass is 317 g/mol. The van der Waals surface area contributed by atoms with Crippen molar-refractivity contribution in [2.24, 2.45) is 0 Å². The van der Waals surface area contributed by atoms with E-state index in [1.807, 2.05) is 0 Å². The summed E-state index contributed by atoms with van der Waals surface area (Å²) in [7, 11) is -3.49. The SMILES string of the molecule is CCCCCCCCCCCCOS(=O)(=O)CCO.[Na]. The third-order valence-corrected chi connectivity index (χ3v) is 4.31. The molecule has 6 heteroatoms. The van der Waals surface area contributed by atoms with Gasteiger partial charge in [0.25, 0.3) is 10.1 Å². The number of hydrogen-bond acceptors (Lipinski definition) is 4. The number of aliphatic hydroxyl groups is 1. The second-order valence-electron chi connectivity index (χ2n) is 4.99. The van der Waals surface area contributed by atoms with Crippen LogP contribution in [-0.4, -0.2) is 62.0 Å². The Labute approximate surface area is 147 Å². The maximum Gasteiger partial charge on any atom is 0.269 e. The standard InChI is InChI=1S/C14H30O4S.Na/c1-2-3-4-5-6-7-8-9-10-11-13-18-19(16,17)14-12-15;/h15H,2-14H2,1H3;. The van der Waals surface area contributed by atoms with E-state index < -0.39 is 10.1 Å². The van der Waals surface area contributed by atoms with Crippen molar-refractivity contribution in [1.82, 2.24) is 0 Å². The first-order chi connectivity index (χ1) is 9.12. The van der Waals surface area contributed by atoms with Gasteiger partial charge in [-0.25, -0.2) is 0 Å². The molecule has 0 fully saturated rings. The van der Waals surface area contributed by atoms with E-state index in [0.29, 0.717) is 0 Å². The average molecular weight is 317 g/mol. The molecule has 117 valence electrons. The van der Waals surface area contributed by atoms with Crippen molar-refractivity contribution in [3.05, 3.63) is 0 Å². The molecule has 0 spiro atoms. The number of aliphatic hydroxyl groups excluding tert-OH is 1. The average Bonchev–Trinajstić information content (AvgIpc) is 2.36. The predicted molar refractivity (Wildman–Crippen MR) is 84.4 cm³/mol. The zero-order valence-corrected chi connectivity index (χ0v) is 16.1. The van der Waals surface area contributed by atoms with Gasteiger partial charge >= 0.3 is 0 Å². The van der Waals surface area contributed by atoms with Crippen LogP contribution in [0.25, 0.3) is 0 Å². The zero-order valence-electron chi connectivity index (χ0n) is 13.3. The van der Waals surface area contributed by atoms with Crippen LogP contribution < -0.4 is 0 Å². The van der Waals surface area contributed by atoms with E-state index in [-0.39, 0.29) is 48.5 Å². The first-order valence-corrected chi connectivity index (χ1v) is 9.18. The molecule has 0 atom stereocenters. The second-order valence-corrected chi connectivity index (χ2v) is 6.75. The second kappa shape index (κ2) is 16.2. The Morgan fingerprint density at radius 3 is 1.75 bits per heavy atom. The van der Waals surface area contributed by atoms with Crippen molar-refractivity contribution in [1.29, 1.82) is 0 Å². The van der Waals surface area contributed by atoms with Crippen LogP contribution in [0.4, 0.5) is 0 Å². The molecule has 0 bridgehead atoms. The van der Waals surface area contributed by atoms with Gasteiger partial charge in [-0.3, -0.25) is 4.18 Å². The van der Waals surface area contributed by atoms with Crippen molar-refractivity contribution < 1.29 is 17.7 Å². The Hall–Kier alpha value is 0.870. The van der Waals surface area contributed by atoms with Crippen LogP contribution in [0.5, 0.6) is 0 Å². The molecule has 0 amide bonds. The third kappa shape index (κ3) is 16.9. The molecule has 0 rings (SSSR count). The van der Waals surface area contributed by atoms with Gasteiger partial charge in [-0.2, -0.15) is 8.42 Å². The van der Waals surface area contributed by atoms with Crippen molar-refractivity contribution in [3.8, 4) is 0 Å². The van der Waals surface area contributed by atoms with E-state index in [2.05, 4.69) is 6.92 Å². The fraction of sp³-hybridized carbons (Fsp3) is 1.00. The van der Waals surface area contributed by atoms with Gasteiger partial charge in [0.15, 0.2) is 0 Å². The van der Waals surface area contributed by atoms with Crippen LogP contribution >= 0.6 is 0 Å². The molecule has 0 aromatic carbocycles. The van der Waals surface area contributed by atoms with Gasteiger partial charge < -0.3 is 5.11 Å². The molecule has 0 aliphatic carbocycles. The largest absolute Gasteiger partial charge is 0.395 e. The van der Waals surface area contributed by atoms with E-state index in [0.717, 1.165) is 19.3 Å². The van der Waals surface area contributed by atoms with Crippen molar-refractivity contribution in [2.75, 3.05) is 19.0 Å². The fourth-order valence-corrected chi connectivity index (χ4v) is 2.66. The van der Waals surface area contributed by atoms with Crippen LogP contribution in [0.15, 0.2) is 0 Å². The van der Waals surface area contributed by atoms with E-state index >= 15 is 0 Å². The Bertz CT molecular complexity index is 281. The minimum Gasteiger partial charge on any atom is -0.395 e. The van der Waals surface area contributed by atoms with E-state index in [1.54, 1.807) is 0 Å². The smallest absolute Gasteiger partial charge is 0.269 e. The first-order valence-electron chi connectivity index (χ1n) is 7.60. The predicted octanol–water partition coefficient (Wildman–Crippen LogP) is 2.87. The zero-order chi connectivity index (χ0) is 14.4. The van der Waals surface area contributed by atoms with Gasteiger partial charge in [0.05, 0.1) is 19.0 Å². The molecule has 0 aliphatic heterocycles. The topological polar surface area (TPSA) is 63.6 Å². The first kappa shape index (κ1) is 23.1. The molecule has 0 aromatic heterocycles. The minimum atomic E-state index is -3.49. The summed E-state index contributed by atoms with van der Waals surface area (Å²) in [4.78, 5) is 0. The molecular weight excluding hydrogens is 287 g/mol. The van der Waals surface area contributed by atoms with Crippen molar-refractivity contribution in [3.63, 3.8) is 0 Å². The Balaban J connectivity index is 0. The summed E-state index contributed by atoms with van der Waals surface area (Å²) in [6.45, 7) is 2.10. The number of hydrogen-bond donors (Lipinski definition) is 1. The van der Waals surface area contributed by atoms with Crippen LogP contribution in [-0.2, 0) is 14.3 Å². The van der Waals surface area contributed by atoms with Crippen LogP contribution in [0, 0.1) is 0 Å². The maximum absolute atomic E-state index is 11.1. The fourth-order valence-electron chi connectivity index (χ4n) is 1.95. The summed E-state index contributed by atoms with van der Waals surface area (Å²) >= 11 is 0. The van der Waals surface area contributed by atoms with Gasteiger partial charge in [0.2, 0.25) is 0 Å². The summed E-state index contributed by atoms with van der Waals surface area (Å²) < 4.78 is 27.0. The van der Waals surface area contributed by atoms with Crippen molar-refractivity contribution >= 4 is 39.7 Å². The molecule has 0 saturated heterocycles. The van der Waals surface area contributed by atoms with Crippen LogP contribution in [0.3, 0.4) is 0 Å². The van der Waals surface area contributed by atoms with Crippen molar-refractivity contribution in [2.45, 2.75) is 71.1 Å². The van der Waals surface area contributed by atoms with Gasteiger partial charge in [-0.1, -0.05) is 64.7 Å². The minimum absolute atomic E-state index is 0. The van der Waals surface area contributed by atoms with Crippen LogP contribution in [0.1, 0.15) is 71.1 Å². The Morgan fingerprint density at radius 2 is 1.30 bits per heavy atom. The summed E-state index contributed by atoms with van der Waals surface area (Å²) in [5.41, 5.74) is 0. The molecule has 1 radical (unpaired) electrons. The molecule has 0 heterocycles. The molecule has 20 heavy (non-hydrogen) atoms. The molecule has 4 nitrogen and oxygen atoms in total. The normalized spacial score (nSPS) is 11.3. The number of rotatable bonds is 14. The molecular formula is C14H30NaO4S. The molecule has 0 saturated carbocycles. The maximum atomic E-state index is 11.1. The van der Waals surface area contributed by atoms with E-state index in [1.165, 1.54) is 44.9 Å². The summed E-state index contributed by atoms with van der Waals surface area (Å²) in [6, 6.07) is 0. The molecule has 1 N–H and O–H groups in total. The van der Waals surface area contributed by atoms with E-state index in [4.69, 9.17) is 9.29 Å². The quantitative estimate of drug-likeness (QED) is 0.304. The van der Waals surface area contributed by atoms with Gasteiger partial charge in [-0.05, 0) is 6.42 Å². The summed E-state index contributed by atoms with van der Waals surface area (Å²) in [5, 5.41) is 8.52. The number of unbranched alkanes of at least 4 members (excludes halogenated alkanes) is 9. The third-order valence-electron chi connectivity index (χ3n) is 3.10. The van der Waals surface area contributed by atoms with E-state index in [9.17, 15) is 8.42 Å². The molecule has 0 aromatic rings.